The smallest absolute Gasteiger partial charge is 0.280 e. The third kappa shape index (κ3) is 2.73. The molecule has 20 heavy (non-hydrogen) atoms. The SMILES string of the molecule is CCCC(CC)c1nc2nc(Cl)n(CCC)c(=O)c2[nH]1. The van der Waals surface area contributed by atoms with Crippen LogP contribution < -0.4 is 5.56 Å². The minimum atomic E-state index is -0.132. The van der Waals surface area contributed by atoms with Crippen LogP contribution in [0.4, 0.5) is 0 Å². The lowest BCUT2D eigenvalue weighted by molar-refractivity contribution is 0.571. The van der Waals surface area contributed by atoms with Crippen LogP contribution in [0.1, 0.15) is 58.2 Å². The minimum absolute atomic E-state index is 0.132. The molecule has 0 aromatic carbocycles. The Hall–Kier alpha value is -1.36. The molecular weight excluding hydrogens is 276 g/mol. The predicted molar refractivity (Wildman–Crippen MR) is 81.4 cm³/mol. The molecule has 5 nitrogen and oxygen atoms in total. The molecule has 0 radical (unpaired) electrons. The van der Waals surface area contributed by atoms with E-state index in [9.17, 15) is 4.79 Å². The standard InChI is InChI=1S/C14H21ClN4O/c1-4-7-9(6-3)11-16-10-12(17-11)18-14(15)19(8-5-2)13(10)20/h9H,4-8H2,1-3H3,(H,16,17). The van der Waals surface area contributed by atoms with Crippen molar-refractivity contribution in [1.82, 2.24) is 19.5 Å². The maximum absolute atomic E-state index is 12.4. The monoisotopic (exact) mass is 296 g/mol. The highest BCUT2D eigenvalue weighted by Gasteiger charge is 2.17. The number of H-pyrrole nitrogens is 1. The summed E-state index contributed by atoms with van der Waals surface area (Å²) in [6.45, 7) is 6.85. The van der Waals surface area contributed by atoms with E-state index in [0.717, 1.165) is 31.5 Å². The van der Waals surface area contributed by atoms with Gasteiger partial charge >= 0.3 is 0 Å². The van der Waals surface area contributed by atoms with Crippen molar-refractivity contribution in [2.45, 2.75) is 58.9 Å². The van der Waals surface area contributed by atoms with Gasteiger partial charge in [-0.1, -0.05) is 27.2 Å². The Bertz CT molecular complexity index is 646. The second-order valence-electron chi connectivity index (χ2n) is 5.05. The second kappa shape index (κ2) is 6.39. The van der Waals surface area contributed by atoms with Gasteiger partial charge in [-0.15, -0.1) is 0 Å². The molecular formula is C14H21ClN4O. The summed E-state index contributed by atoms with van der Waals surface area (Å²) in [6.07, 6.45) is 3.96. The van der Waals surface area contributed by atoms with Crippen LogP contribution in [0.25, 0.3) is 11.2 Å². The molecule has 1 unspecified atom stereocenters. The van der Waals surface area contributed by atoms with Crippen LogP contribution in [0.15, 0.2) is 4.79 Å². The van der Waals surface area contributed by atoms with Crippen LogP contribution in [0.5, 0.6) is 0 Å². The lowest BCUT2D eigenvalue weighted by Gasteiger charge is -2.09. The number of halogens is 1. The van der Waals surface area contributed by atoms with Gasteiger partial charge in [-0.05, 0) is 30.9 Å². The van der Waals surface area contributed by atoms with E-state index in [1.54, 1.807) is 0 Å². The fraction of sp³-hybridized carbons (Fsp3) is 0.643. The van der Waals surface area contributed by atoms with E-state index in [2.05, 4.69) is 28.8 Å². The number of rotatable bonds is 6. The van der Waals surface area contributed by atoms with Crippen molar-refractivity contribution in [3.8, 4) is 0 Å². The van der Waals surface area contributed by atoms with E-state index in [0.29, 0.717) is 23.6 Å². The van der Waals surface area contributed by atoms with E-state index in [-0.39, 0.29) is 10.8 Å². The van der Waals surface area contributed by atoms with Crippen LogP contribution in [0, 0.1) is 0 Å². The van der Waals surface area contributed by atoms with Crippen LogP contribution >= 0.6 is 11.6 Å². The van der Waals surface area contributed by atoms with E-state index in [4.69, 9.17) is 11.6 Å². The first-order chi connectivity index (χ1) is 9.62. The molecule has 0 fully saturated rings. The van der Waals surface area contributed by atoms with Gasteiger partial charge in [-0.3, -0.25) is 9.36 Å². The molecule has 6 heteroatoms. The molecule has 0 bridgehead atoms. The average Bonchev–Trinajstić information content (AvgIpc) is 2.84. The number of aromatic nitrogens is 4. The topological polar surface area (TPSA) is 63.6 Å². The van der Waals surface area contributed by atoms with Crippen LogP contribution in [-0.2, 0) is 6.54 Å². The lowest BCUT2D eigenvalue weighted by atomic mass is 10.0. The molecule has 2 aromatic rings. The summed E-state index contributed by atoms with van der Waals surface area (Å²) in [6, 6.07) is 0. The Morgan fingerprint density at radius 3 is 2.60 bits per heavy atom. The summed E-state index contributed by atoms with van der Waals surface area (Å²) in [5.74, 6) is 1.19. The van der Waals surface area contributed by atoms with Crippen molar-refractivity contribution < 1.29 is 0 Å². The largest absolute Gasteiger partial charge is 0.336 e. The number of imidazole rings is 1. The van der Waals surface area contributed by atoms with Gasteiger partial charge in [0.2, 0.25) is 5.28 Å². The van der Waals surface area contributed by atoms with Gasteiger partial charge in [0.05, 0.1) is 0 Å². The van der Waals surface area contributed by atoms with E-state index in [1.165, 1.54) is 4.57 Å². The van der Waals surface area contributed by atoms with Crippen LogP contribution in [0.2, 0.25) is 5.28 Å². The number of nitrogens with zero attached hydrogens (tertiary/aromatic N) is 3. The molecule has 2 aromatic heterocycles. The van der Waals surface area contributed by atoms with Crippen molar-refractivity contribution in [2.75, 3.05) is 0 Å². The molecule has 0 spiro atoms. The highest BCUT2D eigenvalue weighted by atomic mass is 35.5. The Kier molecular flexibility index (Phi) is 4.81. The van der Waals surface area contributed by atoms with Gasteiger partial charge in [0.1, 0.15) is 5.82 Å². The van der Waals surface area contributed by atoms with Gasteiger partial charge in [0, 0.05) is 12.5 Å². The molecule has 0 saturated heterocycles. The molecule has 0 aliphatic heterocycles. The molecule has 2 heterocycles. The molecule has 0 aliphatic rings. The summed E-state index contributed by atoms with van der Waals surface area (Å²) in [5.41, 5.74) is 0.760. The summed E-state index contributed by atoms with van der Waals surface area (Å²) in [7, 11) is 0. The van der Waals surface area contributed by atoms with E-state index < -0.39 is 0 Å². The first-order valence-electron chi connectivity index (χ1n) is 7.28. The number of fused-ring (bicyclic) bond motifs is 1. The summed E-state index contributed by atoms with van der Waals surface area (Å²) < 4.78 is 1.49. The number of hydrogen-bond acceptors (Lipinski definition) is 3. The van der Waals surface area contributed by atoms with Crippen molar-refractivity contribution in [3.63, 3.8) is 0 Å². The number of hydrogen-bond donors (Lipinski definition) is 1. The highest BCUT2D eigenvalue weighted by Crippen LogP contribution is 2.23. The minimum Gasteiger partial charge on any atom is -0.336 e. The highest BCUT2D eigenvalue weighted by molar-refractivity contribution is 6.28. The van der Waals surface area contributed by atoms with Gasteiger partial charge in [-0.2, -0.15) is 4.98 Å². The van der Waals surface area contributed by atoms with Gasteiger partial charge in [0.15, 0.2) is 11.2 Å². The molecule has 0 saturated carbocycles. The maximum atomic E-state index is 12.4. The van der Waals surface area contributed by atoms with Crippen molar-refractivity contribution in [3.05, 3.63) is 21.5 Å². The third-order valence-corrected chi connectivity index (χ3v) is 3.84. The number of nitrogens with one attached hydrogen (secondary N) is 1. The molecule has 2 rings (SSSR count). The van der Waals surface area contributed by atoms with Crippen molar-refractivity contribution in [1.29, 1.82) is 0 Å². The van der Waals surface area contributed by atoms with Crippen molar-refractivity contribution in [2.24, 2.45) is 0 Å². The second-order valence-corrected chi connectivity index (χ2v) is 5.39. The first-order valence-corrected chi connectivity index (χ1v) is 7.66. The van der Waals surface area contributed by atoms with Crippen LogP contribution in [0.3, 0.4) is 0 Å². The fourth-order valence-corrected chi connectivity index (χ4v) is 2.71. The normalized spacial score (nSPS) is 13.0. The summed E-state index contributed by atoms with van der Waals surface area (Å²) >= 11 is 6.07. The molecule has 0 aliphatic carbocycles. The summed E-state index contributed by atoms with van der Waals surface area (Å²) in [4.78, 5) is 24.2. The van der Waals surface area contributed by atoms with E-state index in [1.807, 2.05) is 6.92 Å². The maximum Gasteiger partial charge on any atom is 0.280 e. The van der Waals surface area contributed by atoms with Gasteiger partial charge < -0.3 is 4.98 Å². The first kappa shape index (κ1) is 15.0. The number of aromatic amines is 1. The quantitative estimate of drug-likeness (QED) is 0.830. The molecule has 0 amide bonds. The Morgan fingerprint density at radius 2 is 2.00 bits per heavy atom. The van der Waals surface area contributed by atoms with Gasteiger partial charge in [-0.25, -0.2) is 4.98 Å². The Balaban J connectivity index is 2.54. The fourth-order valence-electron chi connectivity index (χ4n) is 2.47. The summed E-state index contributed by atoms with van der Waals surface area (Å²) in [5, 5.41) is 0.214. The zero-order valence-corrected chi connectivity index (χ0v) is 13.0. The molecule has 1 N–H and O–H groups in total. The van der Waals surface area contributed by atoms with Crippen LogP contribution in [-0.4, -0.2) is 19.5 Å². The Morgan fingerprint density at radius 1 is 1.25 bits per heavy atom. The van der Waals surface area contributed by atoms with E-state index >= 15 is 0 Å². The lowest BCUT2D eigenvalue weighted by Crippen LogP contribution is -2.22. The zero-order valence-electron chi connectivity index (χ0n) is 12.2. The van der Waals surface area contributed by atoms with Crippen molar-refractivity contribution >= 4 is 22.8 Å². The van der Waals surface area contributed by atoms with Gasteiger partial charge in [0.25, 0.3) is 5.56 Å². The molecule has 1 atom stereocenters. The zero-order chi connectivity index (χ0) is 14.7. The molecule has 110 valence electrons. The third-order valence-electron chi connectivity index (χ3n) is 3.55. The predicted octanol–water partition coefficient (Wildman–Crippen LogP) is 3.48. The Labute approximate surface area is 123 Å². The average molecular weight is 297 g/mol.